The number of nitrogens with one attached hydrogen (secondary N) is 4. The van der Waals surface area contributed by atoms with E-state index in [1.165, 1.54) is 40.3 Å². The maximum Gasteiger partial charge on any atom is 0.419 e. The Balaban J connectivity index is 1.59. The van der Waals surface area contributed by atoms with Crippen LogP contribution in [0, 0.1) is 0 Å². The third-order valence-corrected chi connectivity index (χ3v) is 14.7. The molecule has 1 aromatic heterocycles. The first kappa shape index (κ1) is 62.1. The molecule has 422 valence electrons. The molecule has 2 aromatic carbocycles. The molecule has 0 unspecified atom stereocenters. The Morgan fingerprint density at radius 2 is 1.49 bits per heavy atom. The third kappa shape index (κ3) is 19.0. The van der Waals surface area contributed by atoms with Crippen molar-refractivity contribution in [1.82, 2.24) is 40.1 Å². The number of aromatic nitrogens is 1. The van der Waals surface area contributed by atoms with Crippen molar-refractivity contribution in [3.63, 3.8) is 0 Å². The predicted molar refractivity (Wildman–Crippen MR) is 300 cm³/mol. The number of unbranched alkanes of at least 4 members (excludes halogenated alkanes) is 1. The number of carbonyl (C=O) groups excluding carboxylic acids is 7. The zero-order chi connectivity index (χ0) is 56.8. The number of methoxy groups -OCH3 is 1. The van der Waals surface area contributed by atoms with E-state index in [0.717, 1.165) is 14.9 Å². The van der Waals surface area contributed by atoms with Gasteiger partial charge in [-0.1, -0.05) is 64.1 Å². The molecule has 22 heteroatoms. The number of thioether (sulfide) groups is 1. The van der Waals surface area contributed by atoms with Crippen LogP contribution in [0.2, 0.25) is 0 Å². The highest BCUT2D eigenvalue weighted by Gasteiger charge is 2.36. The van der Waals surface area contributed by atoms with Crippen molar-refractivity contribution >= 4 is 92.3 Å². The molecule has 3 atom stereocenters. The molecule has 77 heavy (non-hydrogen) atoms. The molecule has 0 radical (unpaired) electrons. The summed E-state index contributed by atoms with van der Waals surface area (Å²) in [5, 5.41) is 13.6. The molecule has 0 fully saturated rings. The van der Waals surface area contributed by atoms with Gasteiger partial charge in [0.15, 0.2) is 0 Å². The molecule has 0 bridgehead atoms. The molecule has 0 spiro atoms. The second kappa shape index (κ2) is 27.7. The van der Waals surface area contributed by atoms with Crippen LogP contribution in [0.25, 0.3) is 10.9 Å². The lowest BCUT2D eigenvalue weighted by Crippen LogP contribution is -2.57. The van der Waals surface area contributed by atoms with Gasteiger partial charge in [0.1, 0.15) is 28.9 Å². The molecular formula is C55H76BrClN8O11S. The van der Waals surface area contributed by atoms with Crippen LogP contribution in [0.1, 0.15) is 112 Å². The summed E-state index contributed by atoms with van der Waals surface area (Å²) >= 11 is 12.1. The number of amides is 5. The number of ether oxygens (including phenoxy) is 4. The first-order chi connectivity index (χ1) is 36.1. The van der Waals surface area contributed by atoms with E-state index in [-0.39, 0.29) is 64.8 Å². The number of alkyl carbamates (subject to hydrolysis) is 1. The highest BCUT2D eigenvalue weighted by Crippen LogP contribution is 2.40. The van der Waals surface area contributed by atoms with Gasteiger partial charge in [-0.3, -0.25) is 28.2 Å². The average molecular weight is 1170 g/mol. The zero-order valence-corrected chi connectivity index (χ0v) is 49.3. The van der Waals surface area contributed by atoms with Crippen molar-refractivity contribution in [3.8, 4) is 0 Å². The van der Waals surface area contributed by atoms with E-state index in [2.05, 4.69) is 37.2 Å². The summed E-state index contributed by atoms with van der Waals surface area (Å²) in [4.78, 5) is 101. The van der Waals surface area contributed by atoms with Gasteiger partial charge >= 0.3 is 24.2 Å². The Labute approximate surface area is 470 Å². The van der Waals surface area contributed by atoms with Crippen molar-refractivity contribution in [2.75, 3.05) is 46.9 Å². The molecule has 4 N–H and O–H groups in total. The van der Waals surface area contributed by atoms with Crippen LogP contribution >= 0.6 is 39.5 Å². The largest absolute Gasteiger partial charge is 0.469 e. The SMILES string of the molecule is COC(=O)CCN(CCC[C@@H]1NCc2ccccc2SC2=C(CNC(=O)[C@H](Cc3cn(C(=O)OC(C)(C)C)c4ccccc34)N(C)C(=O)[C@H](CCCCNC(=O)OC(C)(C)C)NC1=O)C(Br)=CCN2Cl)C(=O)OC(C)(C)C. The quantitative estimate of drug-likeness (QED) is 0.0513. The van der Waals surface area contributed by atoms with Gasteiger partial charge in [0.05, 0.1) is 36.7 Å². The molecule has 19 nitrogen and oxygen atoms in total. The molecule has 0 aliphatic carbocycles. The van der Waals surface area contributed by atoms with E-state index in [4.69, 9.17) is 30.7 Å². The lowest BCUT2D eigenvalue weighted by molar-refractivity contribution is -0.142. The molecule has 2 aliphatic rings. The molecule has 3 heterocycles. The number of hydrogen-bond donors (Lipinski definition) is 4. The van der Waals surface area contributed by atoms with Crippen LogP contribution in [0.3, 0.4) is 0 Å². The normalized spacial score (nSPS) is 18.3. The van der Waals surface area contributed by atoms with Crippen LogP contribution in [0.15, 0.2) is 80.8 Å². The first-order valence-electron chi connectivity index (χ1n) is 25.8. The maximum atomic E-state index is 15.3. The summed E-state index contributed by atoms with van der Waals surface area (Å²) in [6, 6.07) is 11.6. The van der Waals surface area contributed by atoms with Gasteiger partial charge in [-0.2, -0.15) is 0 Å². The number of benzene rings is 2. The number of halogens is 2. The fraction of sp³-hybridized carbons (Fsp3) is 0.545. The summed E-state index contributed by atoms with van der Waals surface area (Å²) < 4.78 is 25.4. The molecule has 3 aromatic rings. The number of fused-ring (bicyclic) bond motifs is 2. The van der Waals surface area contributed by atoms with Crippen molar-refractivity contribution in [2.24, 2.45) is 0 Å². The summed E-state index contributed by atoms with van der Waals surface area (Å²) in [6.45, 7) is 16.7. The lowest BCUT2D eigenvalue weighted by Gasteiger charge is -2.32. The number of hydrogen-bond acceptors (Lipinski definition) is 14. The minimum Gasteiger partial charge on any atom is -0.469 e. The number of rotatable bonds is 14. The first-order valence-corrected chi connectivity index (χ1v) is 27.8. The van der Waals surface area contributed by atoms with Crippen molar-refractivity contribution in [1.29, 1.82) is 0 Å². The molecule has 0 saturated heterocycles. The van der Waals surface area contributed by atoms with Crippen LogP contribution in [0.4, 0.5) is 14.4 Å². The number of nitrogens with zero attached hydrogens (tertiary/aromatic N) is 4. The Kier molecular flexibility index (Phi) is 22.3. The topological polar surface area (TPSA) is 219 Å². The van der Waals surface area contributed by atoms with Gasteiger partial charge in [-0.25, -0.2) is 14.4 Å². The van der Waals surface area contributed by atoms with Gasteiger partial charge < -0.3 is 50.0 Å². The van der Waals surface area contributed by atoms with Crippen molar-refractivity contribution in [3.05, 3.63) is 87.0 Å². The monoisotopic (exact) mass is 1170 g/mol. The fourth-order valence-corrected chi connectivity index (χ4v) is 10.4. The minimum atomic E-state index is -1.20. The standard InChI is InChI=1S/C55H76BrClN8O11S/c1-53(2,3)74-50(70)58-27-17-16-21-41-48(69)62(10)43(31-36-34-64(52(72)76-55(7,8)9)42-23-14-13-20-37(36)42)47(68)60-33-38-39(56)25-30-65(57)49(38)77-44-24-15-12-19-35(44)32-59-40(46(67)61-41)22-18-28-63(29-26-45(66)73-11)51(71)75-54(4,5)6/h12-15,19-20,23-25,34,40-41,43,59H,16-18,21-22,26-33H2,1-11H3,(H,58,70)(H,60,68)(H,61,67)/t40-,41-,43-/m0/s1. The van der Waals surface area contributed by atoms with E-state index in [0.29, 0.717) is 46.5 Å². The molecule has 0 saturated carbocycles. The van der Waals surface area contributed by atoms with Crippen molar-refractivity contribution < 1.29 is 52.5 Å². The van der Waals surface area contributed by atoms with Gasteiger partial charge in [-0.15, -0.1) is 0 Å². The van der Waals surface area contributed by atoms with Crippen LogP contribution in [-0.2, 0) is 51.1 Å². The highest BCUT2D eigenvalue weighted by molar-refractivity contribution is 9.12. The Morgan fingerprint density at radius 1 is 0.831 bits per heavy atom. The van der Waals surface area contributed by atoms with Crippen LogP contribution in [-0.4, -0.2) is 143 Å². The minimum absolute atomic E-state index is 0.00686. The van der Waals surface area contributed by atoms with E-state index >= 15 is 9.59 Å². The van der Waals surface area contributed by atoms with E-state index in [1.54, 1.807) is 85.1 Å². The molecule has 5 rings (SSSR count). The maximum absolute atomic E-state index is 15.3. The summed E-state index contributed by atoms with van der Waals surface area (Å²) in [5.74, 6) is -2.11. The van der Waals surface area contributed by atoms with Crippen LogP contribution in [0.5, 0.6) is 0 Å². The summed E-state index contributed by atoms with van der Waals surface area (Å²) in [7, 11) is 2.78. The summed E-state index contributed by atoms with van der Waals surface area (Å²) in [6.07, 6.45) is 2.88. The van der Waals surface area contributed by atoms with Crippen LogP contribution < -0.4 is 21.3 Å². The third-order valence-electron chi connectivity index (χ3n) is 12.2. The number of likely N-dealkylation sites (N-methyl/N-ethyl adjacent to an activating group) is 1. The summed E-state index contributed by atoms with van der Waals surface area (Å²) in [5.41, 5.74) is 0.294. The molecule has 5 amide bonds. The fourth-order valence-electron chi connectivity index (χ4n) is 8.42. The Morgan fingerprint density at radius 3 is 2.18 bits per heavy atom. The molecule has 2 aliphatic heterocycles. The lowest BCUT2D eigenvalue weighted by atomic mass is 10.0. The van der Waals surface area contributed by atoms with Gasteiger partial charge in [-0.05, 0) is 124 Å². The van der Waals surface area contributed by atoms with Gasteiger partial charge in [0.25, 0.3) is 0 Å². The smallest absolute Gasteiger partial charge is 0.419 e. The Hall–Kier alpha value is -5.77. The van der Waals surface area contributed by atoms with E-state index in [9.17, 15) is 24.0 Å². The second-order valence-electron chi connectivity index (χ2n) is 21.9. The zero-order valence-electron chi connectivity index (χ0n) is 46.1. The number of para-hydroxylation sites is 1. The second-order valence-corrected chi connectivity index (χ2v) is 24.1. The molecular weight excluding hydrogens is 1100 g/mol. The predicted octanol–water partition coefficient (Wildman–Crippen LogP) is 8.89. The van der Waals surface area contributed by atoms with E-state index in [1.807, 2.05) is 42.5 Å². The number of esters is 1. The highest BCUT2D eigenvalue weighted by atomic mass is 79.9. The average Bonchev–Trinajstić information content (AvgIpc) is 3.71. The Bertz CT molecular complexity index is 2680. The van der Waals surface area contributed by atoms with Gasteiger partial charge in [0, 0.05) is 84.5 Å². The van der Waals surface area contributed by atoms with E-state index < -0.39 is 76.9 Å². The van der Waals surface area contributed by atoms with Crippen molar-refractivity contribution in [2.45, 2.75) is 154 Å². The number of carbonyl (C=O) groups is 7. The van der Waals surface area contributed by atoms with Gasteiger partial charge in [0.2, 0.25) is 17.7 Å².